The maximum absolute atomic E-state index is 12.0. The van der Waals surface area contributed by atoms with E-state index < -0.39 is 5.84 Å². The summed E-state index contributed by atoms with van der Waals surface area (Å²) in [4.78, 5) is 16.0. The van der Waals surface area contributed by atoms with Gasteiger partial charge >= 0.3 is 0 Å². The molecule has 0 radical (unpaired) electrons. The number of halogens is 1. The topological polar surface area (TPSA) is 122 Å². The zero-order valence-electron chi connectivity index (χ0n) is 14.6. The van der Waals surface area contributed by atoms with Crippen LogP contribution in [0.5, 0.6) is 0 Å². The molecule has 1 saturated heterocycles. The first-order chi connectivity index (χ1) is 12.5. The molecule has 1 heterocycles. The highest BCUT2D eigenvalue weighted by Gasteiger charge is 2.21. The second kappa shape index (κ2) is 9.06. The first kappa shape index (κ1) is 19.5. The number of amidine groups is 1. The third kappa shape index (κ3) is 4.86. The number of anilines is 2. The Morgan fingerprint density at radius 1 is 1.42 bits per heavy atom. The van der Waals surface area contributed by atoms with E-state index in [0.29, 0.717) is 30.2 Å². The molecule has 8 nitrogen and oxygen atoms in total. The number of benzene rings is 1. The van der Waals surface area contributed by atoms with Crippen LogP contribution in [0.2, 0.25) is 5.02 Å². The number of carbonyl (C=O) groups is 1. The molecule has 1 fully saturated rings. The Balaban J connectivity index is 2.01. The highest BCUT2D eigenvalue weighted by atomic mass is 35.5. The van der Waals surface area contributed by atoms with Crippen molar-refractivity contribution in [2.24, 2.45) is 10.8 Å². The van der Waals surface area contributed by atoms with E-state index in [0.717, 1.165) is 25.2 Å². The molecule has 0 saturated carbocycles. The molecule has 0 unspecified atom stereocenters. The molecule has 0 aromatic heterocycles. The second-order valence-electron chi connectivity index (χ2n) is 5.88. The average molecular weight is 376 g/mol. The van der Waals surface area contributed by atoms with Crippen LogP contribution in [0.1, 0.15) is 19.8 Å². The minimum atomic E-state index is -0.404. The highest BCUT2D eigenvalue weighted by Crippen LogP contribution is 2.29. The molecule has 26 heavy (non-hydrogen) atoms. The molecule has 0 spiro atoms. The SMILES string of the molecule is CCCC(=O)N1CCN(c2ccc(N/N=C(\C#N)C(=N)N)cc2Cl)CC1. The third-order valence-corrected chi connectivity index (χ3v) is 4.35. The Bertz CT molecular complexity index is 748. The Morgan fingerprint density at radius 3 is 2.65 bits per heavy atom. The predicted molar refractivity (Wildman–Crippen MR) is 104 cm³/mol. The summed E-state index contributed by atoms with van der Waals surface area (Å²) < 4.78 is 0. The third-order valence-electron chi connectivity index (χ3n) is 4.04. The zero-order valence-corrected chi connectivity index (χ0v) is 15.4. The first-order valence-corrected chi connectivity index (χ1v) is 8.74. The number of rotatable bonds is 6. The fourth-order valence-corrected chi connectivity index (χ4v) is 2.97. The largest absolute Gasteiger partial charge is 0.382 e. The van der Waals surface area contributed by atoms with E-state index in [1.165, 1.54) is 0 Å². The Morgan fingerprint density at radius 2 is 2.12 bits per heavy atom. The summed E-state index contributed by atoms with van der Waals surface area (Å²) in [5.74, 6) is -0.201. The van der Waals surface area contributed by atoms with Gasteiger partial charge < -0.3 is 15.5 Å². The number of hydrazone groups is 1. The number of nitrogens with zero attached hydrogens (tertiary/aromatic N) is 4. The second-order valence-corrected chi connectivity index (χ2v) is 6.29. The number of nitrogens with one attached hydrogen (secondary N) is 2. The van der Waals surface area contributed by atoms with E-state index in [9.17, 15) is 4.79 Å². The lowest BCUT2D eigenvalue weighted by Gasteiger charge is -2.36. The van der Waals surface area contributed by atoms with E-state index in [1.807, 2.05) is 17.9 Å². The highest BCUT2D eigenvalue weighted by molar-refractivity contribution is 6.45. The van der Waals surface area contributed by atoms with Crippen LogP contribution < -0.4 is 16.1 Å². The molecule has 2 rings (SSSR count). The fraction of sp³-hybridized carbons (Fsp3) is 0.412. The maximum atomic E-state index is 12.0. The molecule has 1 amide bonds. The number of nitriles is 1. The van der Waals surface area contributed by atoms with Crippen LogP contribution in [0.3, 0.4) is 0 Å². The molecule has 1 aromatic rings. The van der Waals surface area contributed by atoms with Gasteiger partial charge in [0.2, 0.25) is 11.6 Å². The van der Waals surface area contributed by atoms with Crippen LogP contribution in [0.15, 0.2) is 23.3 Å². The number of nitrogens with two attached hydrogens (primary N) is 1. The number of hydrogen-bond acceptors (Lipinski definition) is 6. The lowest BCUT2D eigenvalue weighted by Crippen LogP contribution is -2.48. The van der Waals surface area contributed by atoms with Crippen molar-refractivity contribution in [3.63, 3.8) is 0 Å². The summed E-state index contributed by atoms with van der Waals surface area (Å²) in [6, 6.07) is 7.09. The van der Waals surface area contributed by atoms with Crippen molar-refractivity contribution >= 4 is 40.4 Å². The van der Waals surface area contributed by atoms with Crippen molar-refractivity contribution < 1.29 is 4.79 Å². The van der Waals surface area contributed by atoms with Gasteiger partial charge in [-0.2, -0.15) is 10.4 Å². The molecular weight excluding hydrogens is 354 g/mol. The van der Waals surface area contributed by atoms with E-state index >= 15 is 0 Å². The Labute approximate surface area is 157 Å². The lowest BCUT2D eigenvalue weighted by molar-refractivity contribution is -0.131. The molecule has 1 aliphatic heterocycles. The van der Waals surface area contributed by atoms with Crippen molar-refractivity contribution in [2.45, 2.75) is 19.8 Å². The van der Waals surface area contributed by atoms with E-state index in [2.05, 4.69) is 15.4 Å². The van der Waals surface area contributed by atoms with E-state index in [1.54, 1.807) is 18.2 Å². The Kier molecular flexibility index (Phi) is 6.81. The molecule has 0 bridgehead atoms. The average Bonchev–Trinajstić information content (AvgIpc) is 2.62. The number of piperazine rings is 1. The predicted octanol–water partition coefficient (Wildman–Crippen LogP) is 2.02. The summed E-state index contributed by atoms with van der Waals surface area (Å²) in [7, 11) is 0. The van der Waals surface area contributed by atoms with Gasteiger partial charge in [-0.1, -0.05) is 18.5 Å². The summed E-state index contributed by atoms with van der Waals surface area (Å²) in [6.07, 6.45) is 1.45. The van der Waals surface area contributed by atoms with Gasteiger partial charge in [-0.15, -0.1) is 0 Å². The zero-order chi connectivity index (χ0) is 19.1. The Hall–Kier alpha value is -2.79. The van der Waals surface area contributed by atoms with Gasteiger partial charge in [0, 0.05) is 32.6 Å². The molecule has 1 aromatic carbocycles. The molecule has 4 N–H and O–H groups in total. The van der Waals surface area contributed by atoms with Gasteiger partial charge in [0.15, 0.2) is 5.84 Å². The van der Waals surface area contributed by atoms with E-state index in [4.69, 9.17) is 28.0 Å². The number of hydrogen-bond donors (Lipinski definition) is 3. The van der Waals surface area contributed by atoms with Crippen molar-refractivity contribution in [1.29, 1.82) is 10.7 Å². The smallest absolute Gasteiger partial charge is 0.222 e. The molecule has 9 heteroatoms. The summed E-state index contributed by atoms with van der Waals surface area (Å²) >= 11 is 6.38. The summed E-state index contributed by atoms with van der Waals surface area (Å²) in [6.45, 7) is 4.82. The van der Waals surface area contributed by atoms with Crippen molar-refractivity contribution in [3.8, 4) is 6.07 Å². The molecule has 138 valence electrons. The van der Waals surface area contributed by atoms with E-state index in [-0.39, 0.29) is 11.6 Å². The van der Waals surface area contributed by atoms with Crippen LogP contribution in [0, 0.1) is 16.7 Å². The van der Waals surface area contributed by atoms with Crippen molar-refractivity contribution in [3.05, 3.63) is 23.2 Å². The van der Waals surface area contributed by atoms with Crippen molar-refractivity contribution in [2.75, 3.05) is 36.5 Å². The van der Waals surface area contributed by atoms with Gasteiger partial charge in [-0.3, -0.25) is 15.6 Å². The number of amides is 1. The molecule has 1 aliphatic rings. The lowest BCUT2D eigenvalue weighted by atomic mass is 10.2. The van der Waals surface area contributed by atoms with Crippen LogP contribution in [0.25, 0.3) is 0 Å². The number of carbonyl (C=O) groups excluding carboxylic acids is 1. The van der Waals surface area contributed by atoms with Crippen LogP contribution in [-0.2, 0) is 4.79 Å². The normalized spacial score (nSPS) is 14.7. The van der Waals surface area contributed by atoms with Gasteiger partial charge in [0.25, 0.3) is 0 Å². The first-order valence-electron chi connectivity index (χ1n) is 8.36. The maximum Gasteiger partial charge on any atom is 0.222 e. The molecule has 0 aliphatic carbocycles. The van der Waals surface area contributed by atoms with Gasteiger partial charge in [0.1, 0.15) is 6.07 Å². The van der Waals surface area contributed by atoms with Gasteiger partial charge in [0.05, 0.1) is 16.4 Å². The van der Waals surface area contributed by atoms with Gasteiger partial charge in [-0.05, 0) is 24.6 Å². The standard InChI is InChI=1S/C17H22ClN7O/c1-2-3-16(26)25-8-6-24(7-9-25)15-5-4-12(10-13(15)18)22-23-14(11-19)17(20)21/h4-5,10,22H,2-3,6-9H2,1H3,(H3,20,21)/b23-14+. The minimum Gasteiger partial charge on any atom is -0.382 e. The van der Waals surface area contributed by atoms with Gasteiger partial charge in [-0.25, -0.2) is 0 Å². The molecular formula is C17H22ClN7O. The minimum absolute atomic E-state index is 0.196. The monoisotopic (exact) mass is 375 g/mol. The summed E-state index contributed by atoms with van der Waals surface area (Å²) in [5, 5.41) is 20.4. The van der Waals surface area contributed by atoms with Crippen LogP contribution >= 0.6 is 11.6 Å². The fourth-order valence-electron chi connectivity index (χ4n) is 2.67. The van der Waals surface area contributed by atoms with Crippen LogP contribution in [-0.4, -0.2) is 48.5 Å². The van der Waals surface area contributed by atoms with Crippen LogP contribution in [0.4, 0.5) is 11.4 Å². The summed E-state index contributed by atoms with van der Waals surface area (Å²) in [5.41, 5.74) is 9.19. The quantitative estimate of drug-likeness (QED) is 0.399. The molecule has 0 atom stereocenters. The van der Waals surface area contributed by atoms with Crippen molar-refractivity contribution in [1.82, 2.24) is 4.90 Å².